The normalized spacial score (nSPS) is 10.1. The lowest BCUT2D eigenvalue weighted by atomic mass is 10.3. The van der Waals surface area contributed by atoms with E-state index in [0.717, 1.165) is 4.47 Å². The fraction of sp³-hybridized carbons (Fsp3) is 0. The van der Waals surface area contributed by atoms with E-state index in [1.165, 1.54) is 6.07 Å². The molecule has 1 aromatic heterocycles. The molecular formula is C12H9BrFN3S. The molecule has 1 aromatic carbocycles. The number of pyridine rings is 1. The van der Waals surface area contributed by atoms with Gasteiger partial charge in [0.2, 0.25) is 0 Å². The second kappa shape index (κ2) is 5.41. The van der Waals surface area contributed by atoms with Crippen LogP contribution in [0.4, 0.5) is 15.8 Å². The van der Waals surface area contributed by atoms with Gasteiger partial charge in [0.15, 0.2) is 0 Å². The van der Waals surface area contributed by atoms with Crippen LogP contribution in [0.3, 0.4) is 0 Å². The first-order chi connectivity index (χ1) is 8.56. The van der Waals surface area contributed by atoms with Crippen molar-refractivity contribution in [1.82, 2.24) is 4.98 Å². The van der Waals surface area contributed by atoms with Gasteiger partial charge in [-0.1, -0.05) is 28.1 Å². The minimum absolute atomic E-state index is 0.232. The van der Waals surface area contributed by atoms with E-state index < -0.39 is 0 Å². The number of hydrogen-bond donors (Lipinski definition) is 2. The highest BCUT2D eigenvalue weighted by molar-refractivity contribution is 9.10. The first kappa shape index (κ1) is 12.9. The predicted molar refractivity (Wildman–Crippen MR) is 77.5 cm³/mol. The standard InChI is InChI=1S/C12H9BrFN3S/c13-7-1-3-9(14)11(5-7)17-8-2-4-10(12(15)18)16-6-8/h1-6,17H,(H2,15,18). The van der Waals surface area contributed by atoms with E-state index in [1.54, 1.807) is 30.5 Å². The van der Waals surface area contributed by atoms with Crippen molar-refractivity contribution in [3.05, 3.63) is 52.5 Å². The Bertz CT molecular complexity index is 586. The second-order valence-corrected chi connectivity index (χ2v) is 4.90. The summed E-state index contributed by atoms with van der Waals surface area (Å²) >= 11 is 8.09. The molecule has 3 N–H and O–H groups in total. The highest BCUT2D eigenvalue weighted by Crippen LogP contribution is 2.23. The summed E-state index contributed by atoms with van der Waals surface area (Å²) in [5.74, 6) is -0.336. The van der Waals surface area contributed by atoms with Crippen molar-refractivity contribution >= 4 is 44.5 Å². The van der Waals surface area contributed by atoms with Gasteiger partial charge in [-0.15, -0.1) is 0 Å². The maximum atomic E-state index is 13.5. The maximum absolute atomic E-state index is 13.5. The number of anilines is 2. The van der Waals surface area contributed by atoms with Crippen LogP contribution in [0.1, 0.15) is 5.69 Å². The van der Waals surface area contributed by atoms with E-state index in [0.29, 0.717) is 17.1 Å². The van der Waals surface area contributed by atoms with Crippen LogP contribution in [0.25, 0.3) is 0 Å². The molecule has 0 saturated carbocycles. The average molecular weight is 326 g/mol. The fourth-order valence-corrected chi connectivity index (χ4v) is 1.84. The molecule has 0 aliphatic heterocycles. The third-order valence-electron chi connectivity index (χ3n) is 2.22. The Labute approximate surface area is 117 Å². The molecule has 0 saturated heterocycles. The number of thiocarbonyl (C=S) groups is 1. The van der Waals surface area contributed by atoms with Crippen molar-refractivity contribution in [1.29, 1.82) is 0 Å². The summed E-state index contributed by atoms with van der Waals surface area (Å²) in [4.78, 5) is 4.30. The Morgan fingerprint density at radius 2 is 2.11 bits per heavy atom. The van der Waals surface area contributed by atoms with E-state index in [-0.39, 0.29) is 10.8 Å². The average Bonchev–Trinajstić information content (AvgIpc) is 2.34. The van der Waals surface area contributed by atoms with Crippen LogP contribution in [0.15, 0.2) is 41.0 Å². The molecule has 0 atom stereocenters. The summed E-state index contributed by atoms with van der Waals surface area (Å²) in [5.41, 5.74) is 7.00. The van der Waals surface area contributed by atoms with Gasteiger partial charge in [0, 0.05) is 4.47 Å². The minimum atomic E-state index is -0.336. The van der Waals surface area contributed by atoms with Crippen molar-refractivity contribution in [2.75, 3.05) is 5.32 Å². The van der Waals surface area contributed by atoms with Gasteiger partial charge in [-0.2, -0.15) is 0 Å². The zero-order valence-electron chi connectivity index (χ0n) is 9.15. The molecule has 1 heterocycles. The topological polar surface area (TPSA) is 50.9 Å². The summed E-state index contributed by atoms with van der Waals surface area (Å²) in [6.07, 6.45) is 1.55. The van der Waals surface area contributed by atoms with Gasteiger partial charge in [-0.05, 0) is 30.3 Å². The highest BCUT2D eigenvalue weighted by Gasteiger charge is 2.04. The van der Waals surface area contributed by atoms with Crippen LogP contribution in [-0.2, 0) is 0 Å². The zero-order chi connectivity index (χ0) is 13.1. The summed E-state index contributed by atoms with van der Waals surface area (Å²) in [5, 5.41) is 2.93. The molecule has 2 rings (SSSR count). The van der Waals surface area contributed by atoms with Crippen LogP contribution in [0, 0.1) is 5.82 Å². The van der Waals surface area contributed by atoms with Crippen molar-refractivity contribution in [2.24, 2.45) is 5.73 Å². The largest absolute Gasteiger partial charge is 0.388 e. The lowest BCUT2D eigenvalue weighted by molar-refractivity contribution is 0.631. The number of aromatic nitrogens is 1. The Morgan fingerprint density at radius 1 is 1.33 bits per heavy atom. The van der Waals surface area contributed by atoms with Crippen LogP contribution in [-0.4, -0.2) is 9.97 Å². The number of nitrogens with two attached hydrogens (primary N) is 1. The molecule has 0 unspecified atom stereocenters. The molecule has 0 spiro atoms. The van der Waals surface area contributed by atoms with E-state index >= 15 is 0 Å². The van der Waals surface area contributed by atoms with Gasteiger partial charge in [0.05, 0.1) is 23.3 Å². The number of hydrogen-bond acceptors (Lipinski definition) is 3. The summed E-state index contributed by atoms with van der Waals surface area (Å²) in [6, 6.07) is 8.08. The molecule has 92 valence electrons. The van der Waals surface area contributed by atoms with Gasteiger partial charge in [0.25, 0.3) is 0 Å². The molecule has 0 aliphatic carbocycles. The quantitative estimate of drug-likeness (QED) is 0.849. The van der Waals surface area contributed by atoms with Gasteiger partial charge in [-0.25, -0.2) is 4.39 Å². The predicted octanol–water partition coefficient (Wildman–Crippen LogP) is 3.36. The minimum Gasteiger partial charge on any atom is -0.388 e. The third-order valence-corrected chi connectivity index (χ3v) is 2.93. The van der Waals surface area contributed by atoms with E-state index in [1.807, 2.05) is 0 Å². The molecule has 0 aliphatic rings. The number of halogens is 2. The van der Waals surface area contributed by atoms with E-state index in [9.17, 15) is 4.39 Å². The molecule has 0 radical (unpaired) electrons. The Hall–Kier alpha value is -1.53. The van der Waals surface area contributed by atoms with Gasteiger partial charge < -0.3 is 11.1 Å². The lowest BCUT2D eigenvalue weighted by Gasteiger charge is -2.08. The Kier molecular flexibility index (Phi) is 3.88. The molecular weight excluding hydrogens is 317 g/mol. The van der Waals surface area contributed by atoms with Crippen LogP contribution >= 0.6 is 28.1 Å². The van der Waals surface area contributed by atoms with Crippen molar-refractivity contribution < 1.29 is 4.39 Å². The molecule has 6 heteroatoms. The second-order valence-electron chi connectivity index (χ2n) is 3.55. The van der Waals surface area contributed by atoms with Crippen LogP contribution < -0.4 is 11.1 Å². The number of rotatable bonds is 3. The van der Waals surface area contributed by atoms with Crippen LogP contribution in [0.5, 0.6) is 0 Å². The Balaban J connectivity index is 2.23. The zero-order valence-corrected chi connectivity index (χ0v) is 11.6. The molecule has 0 bridgehead atoms. The molecule has 2 aromatic rings. The number of benzene rings is 1. The lowest BCUT2D eigenvalue weighted by Crippen LogP contribution is -2.11. The van der Waals surface area contributed by atoms with Crippen LogP contribution in [0.2, 0.25) is 0 Å². The summed E-state index contributed by atoms with van der Waals surface area (Å²) < 4.78 is 14.3. The van der Waals surface area contributed by atoms with Crippen molar-refractivity contribution in [2.45, 2.75) is 0 Å². The van der Waals surface area contributed by atoms with Gasteiger partial charge >= 0.3 is 0 Å². The van der Waals surface area contributed by atoms with Gasteiger partial charge in [-0.3, -0.25) is 4.98 Å². The molecule has 18 heavy (non-hydrogen) atoms. The van der Waals surface area contributed by atoms with Crippen molar-refractivity contribution in [3.63, 3.8) is 0 Å². The summed E-state index contributed by atoms with van der Waals surface area (Å²) in [7, 11) is 0. The van der Waals surface area contributed by atoms with E-state index in [2.05, 4.69) is 26.2 Å². The maximum Gasteiger partial charge on any atom is 0.146 e. The van der Waals surface area contributed by atoms with Gasteiger partial charge in [0.1, 0.15) is 10.8 Å². The molecule has 0 amide bonds. The fourth-order valence-electron chi connectivity index (χ4n) is 1.36. The SMILES string of the molecule is NC(=S)c1ccc(Nc2cc(Br)ccc2F)cn1. The number of nitrogens with one attached hydrogen (secondary N) is 1. The Morgan fingerprint density at radius 3 is 2.72 bits per heavy atom. The monoisotopic (exact) mass is 325 g/mol. The van der Waals surface area contributed by atoms with Crippen molar-refractivity contribution in [3.8, 4) is 0 Å². The smallest absolute Gasteiger partial charge is 0.146 e. The molecule has 0 fully saturated rings. The van der Waals surface area contributed by atoms with E-state index in [4.69, 9.17) is 18.0 Å². The molecule has 3 nitrogen and oxygen atoms in total. The third kappa shape index (κ3) is 3.02. The number of nitrogens with zero attached hydrogens (tertiary/aromatic N) is 1. The summed E-state index contributed by atoms with van der Waals surface area (Å²) in [6.45, 7) is 0. The first-order valence-electron chi connectivity index (χ1n) is 5.04. The highest BCUT2D eigenvalue weighted by atomic mass is 79.9. The first-order valence-corrected chi connectivity index (χ1v) is 6.24.